The molecule has 0 saturated heterocycles. The number of rotatable bonds is 7. The van der Waals surface area contributed by atoms with Crippen LogP contribution in [0.3, 0.4) is 0 Å². The third kappa shape index (κ3) is 13.7. The summed E-state index contributed by atoms with van der Waals surface area (Å²) in [5.74, 6) is 0.166. The maximum absolute atomic E-state index is 14.2. The Hall–Kier alpha value is -7.22. The highest BCUT2D eigenvalue weighted by Crippen LogP contribution is 2.41. The Morgan fingerprint density at radius 2 is 0.613 bits per heavy atom. The predicted molar refractivity (Wildman–Crippen MR) is 244 cm³/mol. The number of benzene rings is 6. The second kappa shape index (κ2) is 21.0. The Balaban J connectivity index is 0.000000370. The van der Waals surface area contributed by atoms with Crippen LogP contribution in [0.1, 0.15) is 81.3 Å². The topological polar surface area (TPSA) is 20.9 Å². The first-order valence-electron chi connectivity index (χ1n) is 22.6. The van der Waals surface area contributed by atoms with Gasteiger partial charge in [-0.3, -0.25) is 4.79 Å². The summed E-state index contributed by atoms with van der Waals surface area (Å²) in [6.45, 7) is 6.60. The number of Topliss-reactive ketones (excluding diaryl/α,β-unsaturated/α-hetero) is 1. The number of carbonyl (C=O) groups is 1. The van der Waals surface area contributed by atoms with Gasteiger partial charge in [-0.05, 0) is 36.4 Å². The molecule has 0 aliphatic carbocycles. The van der Waals surface area contributed by atoms with Crippen LogP contribution in [0.5, 0.6) is 0 Å². The van der Waals surface area contributed by atoms with Crippen LogP contribution in [0.4, 0.5) is 105 Å². The van der Waals surface area contributed by atoms with Gasteiger partial charge in [-0.2, -0.15) is 132 Å². The summed E-state index contributed by atoms with van der Waals surface area (Å²) in [4.78, 5) is 12.9. The zero-order chi connectivity index (χ0) is 60.4. The lowest BCUT2D eigenvalue weighted by molar-refractivity contribution is -0.664. The van der Waals surface area contributed by atoms with E-state index in [0.29, 0.717) is 6.54 Å². The molecule has 80 heavy (non-hydrogen) atoms. The number of halogens is 24. The van der Waals surface area contributed by atoms with E-state index in [-0.39, 0.29) is 5.78 Å². The van der Waals surface area contributed by atoms with Gasteiger partial charge >= 0.3 is 49.4 Å². The molecule has 0 bridgehead atoms. The fraction of sp³-hybridized carbons (Fsp3) is 0.245. The number of pyridine rings is 1. The Morgan fingerprint density at radius 1 is 0.350 bits per heavy atom. The molecule has 1 aromatic heterocycles. The highest BCUT2D eigenvalue weighted by Gasteiger charge is 2.47. The second-order valence-corrected chi connectivity index (χ2v) is 19.2. The third-order valence-electron chi connectivity index (χ3n) is 12.5. The molecule has 7 rings (SSSR count). The van der Waals surface area contributed by atoms with Gasteiger partial charge in [0.25, 0.3) is 0 Å². The van der Waals surface area contributed by atoms with Crippen molar-refractivity contribution in [3.05, 3.63) is 195 Å². The van der Waals surface area contributed by atoms with E-state index in [2.05, 4.69) is 28.8 Å². The van der Waals surface area contributed by atoms with E-state index in [9.17, 15) is 110 Å². The van der Waals surface area contributed by atoms with Gasteiger partial charge in [0.15, 0.2) is 6.54 Å². The number of ketones is 1. The molecule has 0 N–H and O–H groups in total. The first-order valence-corrected chi connectivity index (χ1v) is 22.6. The number of alkyl halides is 24. The van der Waals surface area contributed by atoms with Gasteiger partial charge in [0, 0.05) is 28.5 Å². The molecule has 6 aromatic carbocycles. The SMILES string of the molecule is CC(C)(C)C(=O)c1ccc2ccccc2[n+]1Cc1ccccc1.FC(F)(F)c1cc([B-](c2cc(C(F)(F)F)cc(C(F)(F)F)c2)(c2cc(C(F)(F)F)cc(C(F)(F)F)c2)c2cc(C(F)(F)F)cc(C(F)(F)F)c2)cc(C(F)(F)F)c1. The molecule has 1 heterocycles. The number of carbonyl (C=O) groups excluding carboxylic acids is 1. The van der Waals surface area contributed by atoms with Crippen LogP contribution in [0, 0.1) is 5.41 Å². The van der Waals surface area contributed by atoms with Crippen molar-refractivity contribution in [1.29, 1.82) is 0 Å². The van der Waals surface area contributed by atoms with Crippen molar-refractivity contribution >= 4 is 44.7 Å². The van der Waals surface area contributed by atoms with Crippen molar-refractivity contribution in [3.63, 3.8) is 0 Å². The molecule has 0 radical (unpaired) electrons. The molecule has 2 nitrogen and oxygen atoms in total. The minimum Gasteiger partial charge on any atom is -0.287 e. The highest BCUT2D eigenvalue weighted by atomic mass is 19.4. The minimum absolute atomic E-state index is 0.166. The van der Waals surface area contributed by atoms with E-state index in [1.807, 2.05) is 63.2 Å². The van der Waals surface area contributed by atoms with Crippen LogP contribution < -0.4 is 26.4 Å². The number of nitrogens with zero attached hydrogens (tertiary/aromatic N) is 1. The van der Waals surface area contributed by atoms with E-state index in [4.69, 9.17) is 0 Å². The van der Waals surface area contributed by atoms with Crippen molar-refractivity contribution in [2.75, 3.05) is 0 Å². The molecule has 0 saturated carbocycles. The summed E-state index contributed by atoms with van der Waals surface area (Å²) < 4.78 is 343. The van der Waals surface area contributed by atoms with Crippen molar-refractivity contribution in [2.45, 2.75) is 76.7 Å². The summed E-state index contributed by atoms with van der Waals surface area (Å²) in [6.07, 6.45) is -54.8. The Kier molecular flexibility index (Phi) is 16.3. The quantitative estimate of drug-likeness (QED) is 0.0674. The number of hydrogen-bond donors (Lipinski definition) is 0. The summed E-state index contributed by atoms with van der Waals surface area (Å²) in [5.41, 5.74) is -27.6. The van der Waals surface area contributed by atoms with E-state index in [1.165, 1.54) is 5.56 Å². The highest BCUT2D eigenvalue weighted by molar-refractivity contribution is 7.20. The van der Waals surface area contributed by atoms with Gasteiger partial charge < -0.3 is 0 Å². The first kappa shape index (κ1) is 62.0. The molecule has 27 heteroatoms. The lowest BCUT2D eigenvalue weighted by Crippen LogP contribution is -2.75. The van der Waals surface area contributed by atoms with Gasteiger partial charge in [-0.15, -0.1) is 0 Å². The molecule has 0 atom stereocenters. The predicted octanol–water partition coefficient (Wildman–Crippen LogP) is 15.6. The van der Waals surface area contributed by atoms with Crippen LogP contribution in [-0.2, 0) is 56.0 Å². The Morgan fingerprint density at radius 3 is 0.875 bits per heavy atom. The van der Waals surface area contributed by atoms with Crippen LogP contribution >= 0.6 is 0 Å². The fourth-order valence-corrected chi connectivity index (χ4v) is 8.85. The van der Waals surface area contributed by atoms with Crippen LogP contribution in [0.2, 0.25) is 0 Å². The summed E-state index contributed by atoms with van der Waals surface area (Å²) in [6, 6.07) is 13.7. The van der Waals surface area contributed by atoms with Crippen molar-refractivity contribution in [3.8, 4) is 0 Å². The van der Waals surface area contributed by atoms with E-state index < -0.39 is 200 Å². The van der Waals surface area contributed by atoms with Gasteiger partial charge in [0.1, 0.15) is 6.15 Å². The maximum atomic E-state index is 14.2. The maximum Gasteiger partial charge on any atom is 0.416 e. The van der Waals surface area contributed by atoms with Gasteiger partial charge in [-0.25, -0.2) is 0 Å². The number of para-hydroxylation sites is 1. The van der Waals surface area contributed by atoms with Crippen molar-refractivity contribution in [2.24, 2.45) is 5.41 Å². The molecule has 7 aromatic rings. The Labute approximate surface area is 436 Å². The van der Waals surface area contributed by atoms with Gasteiger partial charge in [-0.1, -0.05) is 112 Å². The smallest absolute Gasteiger partial charge is 0.287 e. The molecule has 0 fully saturated rings. The third-order valence-corrected chi connectivity index (χ3v) is 12.5. The van der Waals surface area contributed by atoms with Crippen molar-refractivity contribution in [1.82, 2.24) is 0 Å². The standard InChI is InChI=1S/C32H12BF24.C21H22NO/c34-25(35,36)13-1-14(26(37,38)39)6-21(5-13)33(22-7-15(27(40,41)42)2-16(8-22)28(43,44)45,23-9-17(29(46,47)48)3-18(10-23)30(49,50)51)24-11-19(31(52,53)54)4-20(12-24)32(55,56)57;1-21(2,3)20(23)19-14-13-17-11-7-8-12-18(17)22(19)15-16-9-5-4-6-10-16/h1-12H;4-14H,15H2,1-3H3/q-1;+1. The fourth-order valence-electron chi connectivity index (χ4n) is 8.85. The lowest BCUT2D eigenvalue weighted by atomic mass is 9.12. The van der Waals surface area contributed by atoms with Gasteiger partial charge in [0.05, 0.1) is 44.5 Å². The van der Waals surface area contributed by atoms with Crippen LogP contribution in [-0.4, -0.2) is 11.9 Å². The number of aromatic nitrogens is 1. The summed E-state index contributed by atoms with van der Waals surface area (Å²) in [7, 11) is 0. The largest absolute Gasteiger partial charge is 0.416 e. The number of fused-ring (bicyclic) bond motifs is 1. The molecular formula is C53H34BF24NO. The van der Waals surface area contributed by atoms with Crippen molar-refractivity contribution < 1.29 is 115 Å². The molecule has 0 spiro atoms. The van der Waals surface area contributed by atoms with Crippen LogP contribution in [0.25, 0.3) is 10.9 Å². The Bertz CT molecular complexity index is 2970. The first-order chi connectivity index (χ1) is 36.2. The summed E-state index contributed by atoms with van der Waals surface area (Å²) >= 11 is 0. The molecule has 0 amide bonds. The van der Waals surface area contributed by atoms with E-state index in [0.717, 1.165) is 16.6 Å². The molecule has 428 valence electrons. The van der Waals surface area contributed by atoms with Crippen LogP contribution in [0.15, 0.2) is 140 Å². The van der Waals surface area contributed by atoms with Gasteiger partial charge in [0.2, 0.25) is 17.0 Å². The molecular weight excluding hydrogens is 1130 g/mol. The van der Waals surface area contributed by atoms with E-state index in [1.54, 1.807) is 0 Å². The average Bonchev–Trinajstić information content (AvgIpc) is 3.32. The molecule has 0 unspecified atom stereocenters. The summed E-state index contributed by atoms with van der Waals surface area (Å²) in [5, 5.41) is 1.15. The zero-order valence-electron chi connectivity index (χ0n) is 40.5. The lowest BCUT2D eigenvalue weighted by Gasteiger charge is -2.46. The monoisotopic (exact) mass is 1170 g/mol. The average molecular weight is 1170 g/mol. The molecule has 0 aliphatic rings. The normalized spacial score (nSPS) is 13.5. The molecule has 0 aliphatic heterocycles. The van der Waals surface area contributed by atoms with E-state index >= 15 is 0 Å². The zero-order valence-corrected chi connectivity index (χ0v) is 40.5. The second-order valence-electron chi connectivity index (χ2n) is 19.2. The number of hydrogen-bond acceptors (Lipinski definition) is 1. The minimum atomic E-state index is -6.13.